The zero-order valence-electron chi connectivity index (χ0n) is 8.45. The topological polar surface area (TPSA) is 35.0 Å². The van der Waals surface area contributed by atoms with E-state index in [1.165, 1.54) is 0 Å². The highest BCUT2D eigenvalue weighted by Crippen LogP contribution is 2.30. The Bertz CT molecular complexity index is 519. The molecule has 0 saturated carbocycles. The molecule has 1 aromatic heterocycles. The summed E-state index contributed by atoms with van der Waals surface area (Å²) in [4.78, 5) is 8.12. The Morgan fingerprint density at radius 2 is 2.12 bits per heavy atom. The van der Waals surface area contributed by atoms with E-state index in [-0.39, 0.29) is 0 Å². The monoisotopic (exact) mass is 298 g/mol. The summed E-state index contributed by atoms with van der Waals surface area (Å²) in [6, 6.07) is 7.08. The zero-order chi connectivity index (χ0) is 11.5. The second kappa shape index (κ2) is 4.80. The third-order valence-electron chi connectivity index (χ3n) is 1.86. The molecule has 5 heteroatoms. The summed E-state index contributed by atoms with van der Waals surface area (Å²) in [5.74, 6) is 1.70. The van der Waals surface area contributed by atoms with E-state index in [0.717, 1.165) is 4.47 Å². The molecule has 16 heavy (non-hydrogen) atoms. The minimum absolute atomic E-state index is 0.479. The molecule has 0 aliphatic carbocycles. The first kappa shape index (κ1) is 11.4. The van der Waals surface area contributed by atoms with Crippen LogP contribution in [0.1, 0.15) is 5.82 Å². The van der Waals surface area contributed by atoms with Crippen LogP contribution < -0.4 is 4.74 Å². The predicted molar refractivity (Wildman–Crippen MR) is 66.0 cm³/mol. The van der Waals surface area contributed by atoms with E-state index in [4.69, 9.17) is 16.3 Å². The van der Waals surface area contributed by atoms with Gasteiger partial charge in [-0.15, -0.1) is 0 Å². The Hall–Kier alpha value is -1.13. The molecule has 0 spiro atoms. The van der Waals surface area contributed by atoms with Gasteiger partial charge < -0.3 is 4.74 Å². The van der Waals surface area contributed by atoms with Crippen LogP contribution in [0.2, 0.25) is 5.02 Å². The van der Waals surface area contributed by atoms with Gasteiger partial charge >= 0.3 is 0 Å². The van der Waals surface area contributed by atoms with Gasteiger partial charge in [0.25, 0.3) is 0 Å². The molecule has 82 valence electrons. The van der Waals surface area contributed by atoms with Gasteiger partial charge in [-0.3, -0.25) is 0 Å². The van der Waals surface area contributed by atoms with Crippen LogP contribution in [0.25, 0.3) is 0 Å². The number of halogens is 2. The maximum absolute atomic E-state index is 6.00. The van der Waals surface area contributed by atoms with Crippen LogP contribution in [0.5, 0.6) is 11.6 Å². The molecule has 0 aliphatic heterocycles. The summed E-state index contributed by atoms with van der Waals surface area (Å²) in [5.41, 5.74) is 0. The van der Waals surface area contributed by atoms with Gasteiger partial charge in [0.1, 0.15) is 11.6 Å². The first-order valence-electron chi connectivity index (χ1n) is 4.58. The first-order valence-corrected chi connectivity index (χ1v) is 5.75. The average Bonchev–Trinajstić information content (AvgIpc) is 2.24. The van der Waals surface area contributed by atoms with E-state index in [1.54, 1.807) is 31.3 Å². The lowest BCUT2D eigenvalue weighted by Crippen LogP contribution is -1.92. The molecular weight excluding hydrogens is 291 g/mol. The first-order chi connectivity index (χ1) is 7.65. The molecule has 0 unspecified atom stereocenters. The second-order valence-corrected chi connectivity index (χ2v) is 4.44. The lowest BCUT2D eigenvalue weighted by molar-refractivity contribution is 0.459. The van der Waals surface area contributed by atoms with E-state index < -0.39 is 0 Å². The standard InChI is InChI=1S/C11H8BrClN2O/c1-7-14-5-4-11(15-7)16-10-6-8(12)2-3-9(10)13/h2-6H,1H3. The zero-order valence-corrected chi connectivity index (χ0v) is 10.8. The van der Waals surface area contributed by atoms with Gasteiger partial charge in [0.2, 0.25) is 5.88 Å². The molecular formula is C11H8BrClN2O. The van der Waals surface area contributed by atoms with Crippen molar-refractivity contribution in [3.8, 4) is 11.6 Å². The normalized spacial score (nSPS) is 10.2. The maximum Gasteiger partial charge on any atom is 0.222 e. The molecule has 1 aromatic carbocycles. The SMILES string of the molecule is Cc1nccc(Oc2cc(Br)ccc2Cl)n1. The van der Waals surface area contributed by atoms with Gasteiger partial charge in [0, 0.05) is 16.7 Å². The molecule has 1 heterocycles. The summed E-state index contributed by atoms with van der Waals surface area (Å²) in [6.45, 7) is 1.80. The fourth-order valence-electron chi connectivity index (χ4n) is 1.16. The van der Waals surface area contributed by atoms with Crippen LogP contribution in [0.3, 0.4) is 0 Å². The van der Waals surface area contributed by atoms with Gasteiger partial charge in [-0.2, -0.15) is 4.98 Å². The summed E-state index contributed by atoms with van der Waals surface area (Å²) < 4.78 is 6.46. The lowest BCUT2D eigenvalue weighted by Gasteiger charge is -2.06. The Morgan fingerprint density at radius 1 is 1.31 bits per heavy atom. The molecule has 3 nitrogen and oxygen atoms in total. The Labute approximate surface area is 107 Å². The molecule has 0 bridgehead atoms. The molecule has 0 radical (unpaired) electrons. The number of nitrogens with zero attached hydrogens (tertiary/aromatic N) is 2. The van der Waals surface area contributed by atoms with Crippen molar-refractivity contribution in [3.63, 3.8) is 0 Å². The van der Waals surface area contributed by atoms with Crippen LogP contribution >= 0.6 is 27.5 Å². The van der Waals surface area contributed by atoms with E-state index in [9.17, 15) is 0 Å². The minimum Gasteiger partial charge on any atom is -0.437 e. The van der Waals surface area contributed by atoms with E-state index >= 15 is 0 Å². The van der Waals surface area contributed by atoms with E-state index in [2.05, 4.69) is 25.9 Å². The molecule has 0 atom stereocenters. The summed E-state index contributed by atoms with van der Waals surface area (Å²) in [7, 11) is 0. The fourth-order valence-corrected chi connectivity index (χ4v) is 1.66. The highest BCUT2D eigenvalue weighted by atomic mass is 79.9. The molecule has 0 saturated heterocycles. The van der Waals surface area contributed by atoms with Crippen LogP contribution in [-0.4, -0.2) is 9.97 Å². The number of benzene rings is 1. The van der Waals surface area contributed by atoms with Crippen molar-refractivity contribution in [3.05, 3.63) is 45.8 Å². The van der Waals surface area contributed by atoms with Crippen LogP contribution in [0.4, 0.5) is 0 Å². The fraction of sp³-hybridized carbons (Fsp3) is 0.0909. The van der Waals surface area contributed by atoms with Gasteiger partial charge in [0.15, 0.2) is 0 Å². The molecule has 0 amide bonds. The van der Waals surface area contributed by atoms with Gasteiger partial charge in [0.05, 0.1) is 5.02 Å². The van der Waals surface area contributed by atoms with E-state index in [0.29, 0.717) is 22.5 Å². The van der Waals surface area contributed by atoms with Crippen molar-refractivity contribution in [1.29, 1.82) is 0 Å². The number of aryl methyl sites for hydroxylation is 1. The van der Waals surface area contributed by atoms with Gasteiger partial charge in [-0.1, -0.05) is 27.5 Å². The Kier molecular flexibility index (Phi) is 3.41. The number of ether oxygens (including phenoxy) is 1. The molecule has 0 aliphatic rings. The van der Waals surface area contributed by atoms with Crippen molar-refractivity contribution in [2.24, 2.45) is 0 Å². The van der Waals surface area contributed by atoms with Crippen molar-refractivity contribution in [1.82, 2.24) is 9.97 Å². The van der Waals surface area contributed by atoms with E-state index in [1.807, 2.05) is 6.07 Å². The molecule has 0 N–H and O–H groups in total. The highest BCUT2D eigenvalue weighted by Gasteiger charge is 2.05. The molecule has 2 rings (SSSR count). The number of rotatable bonds is 2. The van der Waals surface area contributed by atoms with Crippen molar-refractivity contribution < 1.29 is 4.74 Å². The number of aromatic nitrogens is 2. The van der Waals surface area contributed by atoms with Gasteiger partial charge in [-0.25, -0.2) is 4.98 Å². The number of hydrogen-bond donors (Lipinski definition) is 0. The summed E-state index contributed by atoms with van der Waals surface area (Å²) in [6.07, 6.45) is 1.64. The van der Waals surface area contributed by atoms with Gasteiger partial charge in [-0.05, 0) is 25.1 Å². The number of hydrogen-bond acceptors (Lipinski definition) is 3. The van der Waals surface area contributed by atoms with Crippen LogP contribution in [0, 0.1) is 6.92 Å². The van der Waals surface area contributed by atoms with Crippen molar-refractivity contribution >= 4 is 27.5 Å². The van der Waals surface area contributed by atoms with Crippen molar-refractivity contribution in [2.45, 2.75) is 6.92 Å². The quantitative estimate of drug-likeness (QED) is 0.841. The average molecular weight is 300 g/mol. The van der Waals surface area contributed by atoms with Crippen LogP contribution in [-0.2, 0) is 0 Å². The summed E-state index contributed by atoms with van der Waals surface area (Å²) in [5, 5.41) is 0.541. The maximum atomic E-state index is 6.00. The van der Waals surface area contributed by atoms with Crippen molar-refractivity contribution in [2.75, 3.05) is 0 Å². The largest absolute Gasteiger partial charge is 0.437 e. The lowest BCUT2D eigenvalue weighted by atomic mass is 10.3. The Morgan fingerprint density at radius 3 is 2.88 bits per heavy atom. The Balaban J connectivity index is 2.30. The molecule has 0 fully saturated rings. The third-order valence-corrected chi connectivity index (χ3v) is 2.66. The molecule has 2 aromatic rings. The highest BCUT2D eigenvalue weighted by molar-refractivity contribution is 9.10. The third kappa shape index (κ3) is 2.71. The predicted octanol–water partition coefficient (Wildman–Crippen LogP) is 3.99. The summed E-state index contributed by atoms with van der Waals surface area (Å²) >= 11 is 9.35. The van der Waals surface area contributed by atoms with Crippen LogP contribution in [0.15, 0.2) is 34.9 Å². The second-order valence-electron chi connectivity index (χ2n) is 3.12. The minimum atomic E-state index is 0.479. The smallest absolute Gasteiger partial charge is 0.222 e.